The molecule has 4 nitrogen and oxygen atoms in total. The van der Waals surface area contributed by atoms with Gasteiger partial charge in [0.1, 0.15) is 0 Å². The first-order valence-corrected chi connectivity index (χ1v) is 7.47. The van der Waals surface area contributed by atoms with Crippen molar-refractivity contribution < 1.29 is 9.90 Å². The van der Waals surface area contributed by atoms with Crippen LogP contribution >= 0.6 is 0 Å². The Morgan fingerprint density at radius 3 is 2.42 bits per heavy atom. The fourth-order valence-corrected chi connectivity index (χ4v) is 2.51. The lowest BCUT2D eigenvalue weighted by atomic mass is 9.71. The van der Waals surface area contributed by atoms with Crippen LogP contribution in [0.3, 0.4) is 0 Å². The van der Waals surface area contributed by atoms with Crippen molar-refractivity contribution in [2.45, 2.75) is 77.4 Å². The van der Waals surface area contributed by atoms with E-state index in [-0.39, 0.29) is 11.9 Å². The molecule has 0 spiro atoms. The van der Waals surface area contributed by atoms with Gasteiger partial charge in [-0.25, -0.2) is 0 Å². The van der Waals surface area contributed by atoms with Crippen LogP contribution in [0.4, 0.5) is 0 Å². The Morgan fingerprint density at radius 2 is 1.89 bits per heavy atom. The minimum atomic E-state index is -0.702. The molecule has 4 N–H and O–H groups in total. The summed E-state index contributed by atoms with van der Waals surface area (Å²) in [5.74, 6) is 0.0268. The van der Waals surface area contributed by atoms with Gasteiger partial charge in [0, 0.05) is 19.0 Å². The molecule has 0 aromatic carbocycles. The van der Waals surface area contributed by atoms with Crippen LogP contribution < -0.4 is 11.1 Å². The second kappa shape index (κ2) is 6.71. The fraction of sp³-hybridized carbons (Fsp3) is 0.933. The number of rotatable bonds is 6. The number of carbonyl (C=O) groups excluding carboxylic acids is 1. The summed E-state index contributed by atoms with van der Waals surface area (Å²) in [7, 11) is 0. The van der Waals surface area contributed by atoms with E-state index in [0.29, 0.717) is 18.4 Å². The van der Waals surface area contributed by atoms with Gasteiger partial charge in [0.25, 0.3) is 0 Å². The van der Waals surface area contributed by atoms with E-state index in [9.17, 15) is 9.90 Å². The van der Waals surface area contributed by atoms with Crippen molar-refractivity contribution in [1.29, 1.82) is 0 Å². The first kappa shape index (κ1) is 16.4. The standard InChI is InChI=1S/C15H30N2O2/c1-12(16)5-4-6-13(18)17-11-15(19)9-7-14(2,3)8-10-15/h12,19H,4-11,16H2,1-3H3,(H,17,18). The minimum Gasteiger partial charge on any atom is -0.388 e. The topological polar surface area (TPSA) is 75.4 Å². The zero-order valence-electron chi connectivity index (χ0n) is 12.7. The Hall–Kier alpha value is -0.610. The van der Waals surface area contributed by atoms with Gasteiger partial charge in [0.05, 0.1) is 5.60 Å². The van der Waals surface area contributed by atoms with E-state index in [1.165, 1.54) is 0 Å². The zero-order valence-corrected chi connectivity index (χ0v) is 12.7. The maximum Gasteiger partial charge on any atom is 0.220 e. The number of amides is 1. The highest BCUT2D eigenvalue weighted by molar-refractivity contribution is 5.75. The molecule has 0 bridgehead atoms. The second-order valence-electron chi connectivity index (χ2n) is 7.03. The Balaban J connectivity index is 2.22. The van der Waals surface area contributed by atoms with Gasteiger partial charge < -0.3 is 16.2 Å². The van der Waals surface area contributed by atoms with Crippen molar-refractivity contribution in [2.75, 3.05) is 6.54 Å². The summed E-state index contributed by atoms with van der Waals surface area (Å²) < 4.78 is 0. The summed E-state index contributed by atoms with van der Waals surface area (Å²) in [4.78, 5) is 11.7. The molecule has 1 amide bonds. The summed E-state index contributed by atoms with van der Waals surface area (Å²) in [6.45, 7) is 6.81. The van der Waals surface area contributed by atoms with Crippen LogP contribution in [0.25, 0.3) is 0 Å². The molecule has 0 aliphatic heterocycles. The molecular formula is C15H30N2O2. The van der Waals surface area contributed by atoms with Crippen molar-refractivity contribution in [3.63, 3.8) is 0 Å². The fourth-order valence-electron chi connectivity index (χ4n) is 2.51. The number of hydrogen-bond donors (Lipinski definition) is 3. The molecule has 1 atom stereocenters. The van der Waals surface area contributed by atoms with E-state index in [0.717, 1.165) is 38.5 Å². The van der Waals surface area contributed by atoms with Crippen molar-refractivity contribution in [2.24, 2.45) is 11.1 Å². The van der Waals surface area contributed by atoms with Crippen molar-refractivity contribution in [1.82, 2.24) is 5.32 Å². The number of carbonyl (C=O) groups is 1. The molecule has 1 aliphatic carbocycles. The number of aliphatic hydroxyl groups is 1. The van der Waals surface area contributed by atoms with Gasteiger partial charge in [-0.3, -0.25) is 4.79 Å². The predicted molar refractivity (Wildman–Crippen MR) is 77.7 cm³/mol. The Labute approximate surface area is 117 Å². The number of hydrogen-bond acceptors (Lipinski definition) is 3. The number of nitrogens with two attached hydrogens (primary N) is 1. The van der Waals surface area contributed by atoms with Gasteiger partial charge in [-0.2, -0.15) is 0 Å². The molecule has 1 unspecified atom stereocenters. The second-order valence-corrected chi connectivity index (χ2v) is 7.03. The maximum absolute atomic E-state index is 11.7. The Morgan fingerprint density at radius 1 is 1.32 bits per heavy atom. The molecule has 1 aliphatic rings. The molecule has 1 rings (SSSR count). The van der Waals surface area contributed by atoms with Gasteiger partial charge in [-0.15, -0.1) is 0 Å². The Bertz CT molecular complexity index is 291. The molecule has 1 fully saturated rings. The highest BCUT2D eigenvalue weighted by atomic mass is 16.3. The molecule has 19 heavy (non-hydrogen) atoms. The van der Waals surface area contributed by atoms with Gasteiger partial charge in [0.15, 0.2) is 0 Å². The molecule has 0 saturated heterocycles. The van der Waals surface area contributed by atoms with Crippen LogP contribution in [-0.4, -0.2) is 29.2 Å². The van der Waals surface area contributed by atoms with E-state index in [4.69, 9.17) is 5.73 Å². The van der Waals surface area contributed by atoms with E-state index >= 15 is 0 Å². The third kappa shape index (κ3) is 6.39. The van der Waals surface area contributed by atoms with Crippen LogP contribution in [0.1, 0.15) is 65.7 Å². The first-order chi connectivity index (χ1) is 8.72. The molecule has 4 heteroatoms. The zero-order chi connectivity index (χ0) is 14.5. The van der Waals surface area contributed by atoms with Crippen LogP contribution in [0.5, 0.6) is 0 Å². The lowest BCUT2D eigenvalue weighted by Gasteiger charge is -2.40. The van der Waals surface area contributed by atoms with Crippen LogP contribution in [0.2, 0.25) is 0 Å². The van der Waals surface area contributed by atoms with Gasteiger partial charge in [0.2, 0.25) is 5.91 Å². The molecular weight excluding hydrogens is 240 g/mol. The van der Waals surface area contributed by atoms with E-state index in [1.807, 2.05) is 6.92 Å². The van der Waals surface area contributed by atoms with Crippen molar-refractivity contribution >= 4 is 5.91 Å². The van der Waals surface area contributed by atoms with E-state index in [1.54, 1.807) is 0 Å². The summed E-state index contributed by atoms with van der Waals surface area (Å²) >= 11 is 0. The van der Waals surface area contributed by atoms with Gasteiger partial charge in [-0.1, -0.05) is 13.8 Å². The van der Waals surface area contributed by atoms with Crippen LogP contribution in [0, 0.1) is 5.41 Å². The summed E-state index contributed by atoms with van der Waals surface area (Å²) in [6.07, 6.45) is 5.78. The van der Waals surface area contributed by atoms with Crippen LogP contribution in [-0.2, 0) is 4.79 Å². The summed E-state index contributed by atoms with van der Waals surface area (Å²) in [5, 5.41) is 13.3. The normalized spacial score (nSPS) is 22.8. The SMILES string of the molecule is CC(N)CCCC(=O)NCC1(O)CCC(C)(C)CC1. The smallest absolute Gasteiger partial charge is 0.220 e. The monoisotopic (exact) mass is 270 g/mol. The molecule has 0 radical (unpaired) electrons. The highest BCUT2D eigenvalue weighted by Crippen LogP contribution is 2.39. The largest absolute Gasteiger partial charge is 0.388 e. The van der Waals surface area contributed by atoms with Crippen LogP contribution in [0.15, 0.2) is 0 Å². The quantitative estimate of drug-likeness (QED) is 0.690. The molecule has 0 aromatic rings. The molecule has 0 heterocycles. The molecule has 1 saturated carbocycles. The van der Waals surface area contributed by atoms with Crippen molar-refractivity contribution in [3.05, 3.63) is 0 Å². The third-order valence-electron chi connectivity index (χ3n) is 4.21. The highest BCUT2D eigenvalue weighted by Gasteiger charge is 2.36. The predicted octanol–water partition coefficient (Wildman–Crippen LogP) is 1.95. The molecule has 112 valence electrons. The maximum atomic E-state index is 11.7. The molecule has 0 aromatic heterocycles. The number of nitrogens with one attached hydrogen (secondary N) is 1. The third-order valence-corrected chi connectivity index (χ3v) is 4.21. The minimum absolute atomic E-state index is 0.0268. The Kier molecular flexibility index (Phi) is 5.81. The van der Waals surface area contributed by atoms with E-state index < -0.39 is 5.60 Å². The van der Waals surface area contributed by atoms with Crippen molar-refractivity contribution in [3.8, 4) is 0 Å². The first-order valence-electron chi connectivity index (χ1n) is 7.47. The average Bonchev–Trinajstić information content (AvgIpc) is 2.31. The summed E-state index contributed by atoms with van der Waals surface area (Å²) in [6, 6.07) is 0.151. The summed E-state index contributed by atoms with van der Waals surface area (Å²) in [5.41, 5.74) is 5.27. The van der Waals surface area contributed by atoms with Gasteiger partial charge >= 0.3 is 0 Å². The van der Waals surface area contributed by atoms with Gasteiger partial charge in [-0.05, 0) is 50.9 Å². The lowest BCUT2D eigenvalue weighted by molar-refractivity contribution is -0.123. The lowest BCUT2D eigenvalue weighted by Crippen LogP contribution is -2.46. The average molecular weight is 270 g/mol. The van der Waals surface area contributed by atoms with E-state index in [2.05, 4.69) is 19.2 Å².